The molecule has 1 heterocycles. The van der Waals surface area contributed by atoms with Crippen molar-refractivity contribution >= 4 is 35.2 Å². The van der Waals surface area contributed by atoms with Gasteiger partial charge in [0.05, 0.1) is 12.5 Å². The van der Waals surface area contributed by atoms with Crippen LogP contribution in [-0.4, -0.2) is 23.3 Å². The van der Waals surface area contributed by atoms with Gasteiger partial charge in [0, 0.05) is 16.5 Å². The van der Waals surface area contributed by atoms with Gasteiger partial charge in [-0.05, 0) is 23.8 Å². The van der Waals surface area contributed by atoms with Crippen molar-refractivity contribution < 1.29 is 14.6 Å². The lowest BCUT2D eigenvalue weighted by molar-refractivity contribution is -0.156. The Balaban J connectivity index is 2.08. The SMILES string of the molecule is O=C1C[C@@H](O)C[C@H](/C=C\c2ccc(Cl)cc2Cl)O1. The van der Waals surface area contributed by atoms with E-state index in [0.717, 1.165) is 5.56 Å². The van der Waals surface area contributed by atoms with Crippen LogP contribution in [0.2, 0.25) is 10.0 Å². The summed E-state index contributed by atoms with van der Waals surface area (Å²) in [5.41, 5.74) is 0.789. The number of esters is 1. The molecule has 0 radical (unpaired) electrons. The highest BCUT2D eigenvalue weighted by Gasteiger charge is 2.25. The Morgan fingerprint density at radius 2 is 2.17 bits per heavy atom. The number of ether oxygens (including phenoxy) is 1. The summed E-state index contributed by atoms with van der Waals surface area (Å²) in [7, 11) is 0. The van der Waals surface area contributed by atoms with E-state index in [1.54, 1.807) is 30.4 Å². The second-order valence-electron chi connectivity index (χ2n) is 4.15. The molecule has 1 aliphatic rings. The summed E-state index contributed by atoms with van der Waals surface area (Å²) in [5.74, 6) is -0.384. The Kier molecular flexibility index (Phi) is 4.27. The zero-order valence-corrected chi connectivity index (χ0v) is 11.0. The van der Waals surface area contributed by atoms with Crippen molar-refractivity contribution in [3.8, 4) is 0 Å². The average Bonchev–Trinajstić information content (AvgIpc) is 2.26. The molecule has 1 aliphatic heterocycles. The zero-order chi connectivity index (χ0) is 13.1. The molecule has 0 aromatic heterocycles. The van der Waals surface area contributed by atoms with Gasteiger partial charge in [-0.1, -0.05) is 35.3 Å². The maximum atomic E-state index is 11.1. The summed E-state index contributed by atoms with van der Waals surface area (Å²) in [5, 5.41) is 10.6. The Hall–Kier alpha value is -1.03. The number of aliphatic hydroxyl groups is 1. The Morgan fingerprint density at radius 1 is 1.39 bits per heavy atom. The molecular weight excluding hydrogens is 275 g/mol. The predicted octanol–water partition coefficient (Wildman–Crippen LogP) is 3.07. The largest absolute Gasteiger partial charge is 0.458 e. The van der Waals surface area contributed by atoms with Crippen LogP contribution in [0.1, 0.15) is 18.4 Å². The van der Waals surface area contributed by atoms with Crippen molar-refractivity contribution in [3.63, 3.8) is 0 Å². The minimum absolute atomic E-state index is 0.0615. The molecule has 18 heavy (non-hydrogen) atoms. The van der Waals surface area contributed by atoms with Crippen LogP contribution in [0, 0.1) is 0 Å². The van der Waals surface area contributed by atoms with Gasteiger partial charge in [0.1, 0.15) is 6.10 Å². The summed E-state index contributed by atoms with van der Waals surface area (Å²) in [6, 6.07) is 5.15. The molecule has 2 atom stereocenters. The molecule has 0 saturated carbocycles. The Morgan fingerprint density at radius 3 is 2.83 bits per heavy atom. The monoisotopic (exact) mass is 286 g/mol. The van der Waals surface area contributed by atoms with Gasteiger partial charge in [0.2, 0.25) is 0 Å². The number of carbonyl (C=O) groups is 1. The van der Waals surface area contributed by atoms with Gasteiger partial charge >= 0.3 is 5.97 Å². The molecule has 2 rings (SSSR count). The number of rotatable bonds is 2. The van der Waals surface area contributed by atoms with Crippen LogP contribution in [0.3, 0.4) is 0 Å². The predicted molar refractivity (Wildman–Crippen MR) is 70.6 cm³/mol. The van der Waals surface area contributed by atoms with Crippen molar-refractivity contribution in [2.75, 3.05) is 0 Å². The third-order valence-electron chi connectivity index (χ3n) is 2.64. The molecule has 1 aromatic carbocycles. The Bertz CT molecular complexity index is 485. The van der Waals surface area contributed by atoms with E-state index in [9.17, 15) is 9.90 Å². The lowest BCUT2D eigenvalue weighted by Gasteiger charge is -2.23. The summed E-state index contributed by atoms with van der Waals surface area (Å²) >= 11 is 11.8. The maximum absolute atomic E-state index is 11.1. The van der Waals surface area contributed by atoms with E-state index in [-0.39, 0.29) is 12.4 Å². The maximum Gasteiger partial charge on any atom is 0.309 e. The van der Waals surface area contributed by atoms with E-state index in [1.165, 1.54) is 0 Å². The lowest BCUT2D eigenvalue weighted by atomic mass is 10.0. The van der Waals surface area contributed by atoms with Crippen LogP contribution in [0.25, 0.3) is 6.08 Å². The molecule has 1 N–H and O–H groups in total. The van der Waals surface area contributed by atoms with Crippen LogP contribution in [0.15, 0.2) is 24.3 Å². The minimum atomic E-state index is -0.637. The quantitative estimate of drug-likeness (QED) is 0.850. The van der Waals surface area contributed by atoms with E-state index >= 15 is 0 Å². The molecule has 1 fully saturated rings. The number of halogens is 2. The molecule has 1 aromatic rings. The van der Waals surface area contributed by atoms with E-state index in [2.05, 4.69) is 0 Å². The number of cyclic esters (lactones) is 1. The fourth-order valence-corrected chi connectivity index (χ4v) is 2.25. The summed E-state index contributed by atoms with van der Waals surface area (Å²) in [4.78, 5) is 11.1. The molecule has 1 saturated heterocycles. The number of hydrogen-bond acceptors (Lipinski definition) is 3. The molecule has 96 valence electrons. The first-order valence-corrected chi connectivity index (χ1v) is 6.31. The number of benzene rings is 1. The molecule has 0 spiro atoms. The normalized spacial score (nSPS) is 24.3. The summed E-state index contributed by atoms with van der Waals surface area (Å²) in [6.45, 7) is 0. The van der Waals surface area contributed by atoms with Crippen LogP contribution in [0.4, 0.5) is 0 Å². The first-order chi connectivity index (χ1) is 8.54. The van der Waals surface area contributed by atoms with Gasteiger partial charge in [-0.25, -0.2) is 0 Å². The van der Waals surface area contributed by atoms with Crippen molar-refractivity contribution in [2.45, 2.75) is 25.0 Å². The minimum Gasteiger partial charge on any atom is -0.458 e. The van der Waals surface area contributed by atoms with Crippen molar-refractivity contribution in [2.24, 2.45) is 0 Å². The van der Waals surface area contributed by atoms with Gasteiger partial charge < -0.3 is 9.84 Å². The van der Waals surface area contributed by atoms with E-state index in [1.807, 2.05) is 0 Å². The smallest absolute Gasteiger partial charge is 0.309 e. The lowest BCUT2D eigenvalue weighted by Crippen LogP contribution is -2.31. The van der Waals surface area contributed by atoms with Gasteiger partial charge in [0.15, 0.2) is 0 Å². The molecule has 0 unspecified atom stereocenters. The number of aliphatic hydroxyl groups excluding tert-OH is 1. The van der Waals surface area contributed by atoms with Gasteiger partial charge in [-0.2, -0.15) is 0 Å². The van der Waals surface area contributed by atoms with Gasteiger partial charge in [-0.3, -0.25) is 4.79 Å². The molecule has 5 heteroatoms. The fourth-order valence-electron chi connectivity index (χ4n) is 1.77. The first kappa shape index (κ1) is 13.4. The van der Waals surface area contributed by atoms with E-state index in [4.69, 9.17) is 27.9 Å². The third kappa shape index (κ3) is 3.48. The van der Waals surface area contributed by atoms with Crippen LogP contribution >= 0.6 is 23.2 Å². The molecule has 0 bridgehead atoms. The molecule has 0 aliphatic carbocycles. The zero-order valence-electron chi connectivity index (χ0n) is 9.48. The fraction of sp³-hybridized carbons (Fsp3) is 0.308. The molecule has 3 nitrogen and oxygen atoms in total. The highest BCUT2D eigenvalue weighted by Crippen LogP contribution is 2.23. The average molecular weight is 287 g/mol. The van der Waals surface area contributed by atoms with Crippen LogP contribution < -0.4 is 0 Å². The molecule has 0 amide bonds. The molecular formula is C13H12Cl2O3. The third-order valence-corrected chi connectivity index (χ3v) is 3.20. The topological polar surface area (TPSA) is 46.5 Å². The van der Waals surface area contributed by atoms with Crippen LogP contribution in [0.5, 0.6) is 0 Å². The van der Waals surface area contributed by atoms with Gasteiger partial charge in [0.25, 0.3) is 0 Å². The number of hydrogen-bond donors (Lipinski definition) is 1. The Labute approximate surface area is 115 Å². The van der Waals surface area contributed by atoms with E-state index in [0.29, 0.717) is 16.5 Å². The van der Waals surface area contributed by atoms with Crippen LogP contribution in [-0.2, 0) is 9.53 Å². The van der Waals surface area contributed by atoms with Crippen molar-refractivity contribution in [1.82, 2.24) is 0 Å². The standard InChI is InChI=1S/C13H12Cl2O3/c14-9-3-1-8(12(15)5-9)2-4-11-6-10(16)7-13(17)18-11/h1-5,10-11,16H,6-7H2/b4-2-/t10-,11-/m0/s1. The summed E-state index contributed by atoms with van der Waals surface area (Å²) in [6.07, 6.45) is 2.90. The van der Waals surface area contributed by atoms with Crippen molar-refractivity contribution in [3.05, 3.63) is 39.9 Å². The van der Waals surface area contributed by atoms with Gasteiger partial charge in [-0.15, -0.1) is 0 Å². The van der Waals surface area contributed by atoms with Crippen molar-refractivity contribution in [1.29, 1.82) is 0 Å². The second-order valence-corrected chi connectivity index (χ2v) is 4.99. The first-order valence-electron chi connectivity index (χ1n) is 5.55. The summed E-state index contributed by atoms with van der Waals surface area (Å²) < 4.78 is 5.09. The number of carbonyl (C=O) groups excluding carboxylic acids is 1. The second kappa shape index (κ2) is 5.74. The highest BCUT2D eigenvalue weighted by molar-refractivity contribution is 6.35. The highest BCUT2D eigenvalue weighted by atomic mass is 35.5. The van der Waals surface area contributed by atoms with E-state index < -0.39 is 12.2 Å².